The first-order valence-electron chi connectivity index (χ1n) is 9.90. The third-order valence-electron chi connectivity index (χ3n) is 4.35. The molecule has 3 aromatic heterocycles. The van der Waals surface area contributed by atoms with Crippen LogP contribution in [-0.4, -0.2) is 53.0 Å². The summed E-state index contributed by atoms with van der Waals surface area (Å²) in [7, 11) is 0. The van der Waals surface area contributed by atoms with Crippen molar-refractivity contribution in [2.24, 2.45) is 0 Å². The number of hydrogen-bond acceptors (Lipinski definition) is 7. The third-order valence-corrected chi connectivity index (χ3v) is 4.35. The number of nitrogens with one attached hydrogen (secondary N) is 1. The highest BCUT2D eigenvalue weighted by Gasteiger charge is 2.38. The summed E-state index contributed by atoms with van der Waals surface area (Å²) in [4.78, 5) is 33.4. The van der Waals surface area contributed by atoms with Crippen molar-refractivity contribution in [2.45, 2.75) is 12.7 Å². The van der Waals surface area contributed by atoms with Gasteiger partial charge in [-0.2, -0.15) is 23.3 Å². The highest BCUT2D eigenvalue weighted by molar-refractivity contribution is 5.95. The number of carboxylic acid groups (broad SMARTS) is 1. The van der Waals surface area contributed by atoms with Crippen LogP contribution >= 0.6 is 0 Å². The molecule has 0 aliphatic carbocycles. The van der Waals surface area contributed by atoms with E-state index in [4.69, 9.17) is 9.90 Å². The van der Waals surface area contributed by atoms with Gasteiger partial charge in [0.15, 0.2) is 0 Å². The fraction of sp³-hybridized carbons (Fsp3) is 0.0909. The number of aromatic hydroxyl groups is 1. The van der Waals surface area contributed by atoms with Crippen molar-refractivity contribution in [3.05, 3.63) is 84.2 Å². The van der Waals surface area contributed by atoms with E-state index in [1.807, 2.05) is 0 Å². The normalized spacial score (nSPS) is 10.8. The maximum Gasteiger partial charge on any atom is 0.490 e. The average molecular weight is 504 g/mol. The molecule has 0 saturated carbocycles. The van der Waals surface area contributed by atoms with Crippen LogP contribution in [0.25, 0.3) is 17.2 Å². The topological polar surface area (TPSA) is 143 Å². The number of amides is 1. The molecule has 36 heavy (non-hydrogen) atoms. The standard InChI is InChI=1S/C20H15FN6O2.C2HF3O2/c21-15-4-1-3-14(9-15)17-6-5-13(10-22-17)11-23-18(28)16-12-24-20(26-19(16)29)27-8-2-7-25-27;3-2(4,5)1(6)7/h1-10,12H,11H2,(H,23,28)(H,24,26,29);(H,6,7). The zero-order valence-corrected chi connectivity index (χ0v) is 18.0. The summed E-state index contributed by atoms with van der Waals surface area (Å²) >= 11 is 0. The third kappa shape index (κ3) is 6.82. The van der Waals surface area contributed by atoms with E-state index in [-0.39, 0.29) is 23.9 Å². The Kier molecular flexibility index (Phi) is 7.89. The molecule has 4 aromatic rings. The Morgan fingerprint density at radius 1 is 1.06 bits per heavy atom. The summed E-state index contributed by atoms with van der Waals surface area (Å²) in [5.74, 6) is -3.90. The number of benzene rings is 1. The predicted molar refractivity (Wildman–Crippen MR) is 115 cm³/mol. The predicted octanol–water partition coefficient (Wildman–Crippen LogP) is 3.13. The molecule has 0 atom stereocenters. The fourth-order valence-electron chi connectivity index (χ4n) is 2.65. The molecule has 0 aliphatic heterocycles. The Bertz CT molecular complexity index is 1350. The van der Waals surface area contributed by atoms with E-state index in [0.29, 0.717) is 11.3 Å². The Morgan fingerprint density at radius 3 is 2.36 bits per heavy atom. The quantitative estimate of drug-likeness (QED) is 0.352. The lowest BCUT2D eigenvalue weighted by Crippen LogP contribution is -2.23. The number of halogens is 4. The van der Waals surface area contributed by atoms with Crippen molar-refractivity contribution in [1.29, 1.82) is 0 Å². The van der Waals surface area contributed by atoms with Crippen LogP contribution in [0.3, 0.4) is 0 Å². The van der Waals surface area contributed by atoms with Gasteiger partial charge in [-0.15, -0.1) is 0 Å². The van der Waals surface area contributed by atoms with Gasteiger partial charge in [-0.25, -0.2) is 18.9 Å². The van der Waals surface area contributed by atoms with Crippen LogP contribution in [0.15, 0.2) is 67.3 Å². The number of pyridine rings is 1. The molecular formula is C22H16F4N6O4. The second-order valence-corrected chi connectivity index (χ2v) is 6.91. The molecule has 186 valence electrons. The lowest BCUT2D eigenvalue weighted by atomic mass is 10.1. The number of alkyl halides is 3. The monoisotopic (exact) mass is 504 g/mol. The highest BCUT2D eigenvalue weighted by Crippen LogP contribution is 2.18. The van der Waals surface area contributed by atoms with Gasteiger partial charge >= 0.3 is 12.1 Å². The minimum atomic E-state index is -5.08. The lowest BCUT2D eigenvalue weighted by Gasteiger charge is -2.08. The maximum absolute atomic E-state index is 13.3. The molecule has 1 aromatic carbocycles. The number of aromatic nitrogens is 5. The Morgan fingerprint density at radius 2 is 1.81 bits per heavy atom. The van der Waals surface area contributed by atoms with Crippen LogP contribution in [0.2, 0.25) is 0 Å². The van der Waals surface area contributed by atoms with Crippen LogP contribution in [0, 0.1) is 5.82 Å². The fourth-order valence-corrected chi connectivity index (χ4v) is 2.65. The van der Waals surface area contributed by atoms with Gasteiger partial charge in [-0.1, -0.05) is 18.2 Å². The Hall–Kier alpha value is -4.88. The van der Waals surface area contributed by atoms with Gasteiger partial charge in [0, 0.05) is 36.9 Å². The number of carboxylic acids is 1. The summed E-state index contributed by atoms with van der Waals surface area (Å²) < 4.78 is 46.4. The van der Waals surface area contributed by atoms with Gasteiger partial charge in [0.05, 0.1) is 5.69 Å². The van der Waals surface area contributed by atoms with Crippen LogP contribution in [0.5, 0.6) is 5.88 Å². The number of hydrogen-bond donors (Lipinski definition) is 3. The minimum Gasteiger partial charge on any atom is -0.493 e. The van der Waals surface area contributed by atoms with Crippen molar-refractivity contribution in [3.8, 4) is 23.1 Å². The smallest absolute Gasteiger partial charge is 0.490 e. The number of carbonyl (C=O) groups excluding carboxylic acids is 1. The molecule has 4 rings (SSSR count). The summed E-state index contributed by atoms with van der Waals surface area (Å²) in [6, 6.07) is 11.4. The number of carbonyl (C=O) groups is 2. The molecule has 0 saturated heterocycles. The first-order chi connectivity index (χ1) is 17.0. The van der Waals surface area contributed by atoms with Crippen LogP contribution in [0.1, 0.15) is 15.9 Å². The molecule has 3 N–H and O–H groups in total. The largest absolute Gasteiger partial charge is 0.493 e. The summed E-state index contributed by atoms with van der Waals surface area (Å²) in [6.07, 6.45) is 0.918. The van der Waals surface area contributed by atoms with Gasteiger partial charge in [0.2, 0.25) is 5.88 Å². The second kappa shape index (κ2) is 11.0. The molecule has 0 spiro atoms. The van der Waals surface area contributed by atoms with Crippen molar-refractivity contribution in [2.75, 3.05) is 0 Å². The van der Waals surface area contributed by atoms with E-state index >= 15 is 0 Å². The van der Waals surface area contributed by atoms with E-state index in [1.54, 1.807) is 48.9 Å². The number of aliphatic carboxylic acids is 1. The zero-order chi connectivity index (χ0) is 26.3. The summed E-state index contributed by atoms with van der Waals surface area (Å²) in [5, 5.41) is 23.8. The van der Waals surface area contributed by atoms with E-state index in [9.17, 15) is 27.5 Å². The zero-order valence-electron chi connectivity index (χ0n) is 18.0. The van der Waals surface area contributed by atoms with Gasteiger partial charge in [-0.3, -0.25) is 9.78 Å². The Balaban J connectivity index is 0.000000454. The summed E-state index contributed by atoms with van der Waals surface area (Å²) in [5.41, 5.74) is 1.98. The molecule has 0 aliphatic rings. The van der Waals surface area contributed by atoms with Crippen molar-refractivity contribution < 1.29 is 37.4 Å². The van der Waals surface area contributed by atoms with Gasteiger partial charge in [-0.05, 0) is 29.8 Å². The average Bonchev–Trinajstić information content (AvgIpc) is 3.38. The van der Waals surface area contributed by atoms with Crippen molar-refractivity contribution in [1.82, 2.24) is 30.0 Å². The molecule has 1 amide bonds. The first kappa shape index (κ1) is 25.7. The second-order valence-electron chi connectivity index (χ2n) is 6.91. The van der Waals surface area contributed by atoms with Gasteiger partial charge in [0.25, 0.3) is 11.9 Å². The molecule has 3 heterocycles. The van der Waals surface area contributed by atoms with Crippen LogP contribution in [-0.2, 0) is 11.3 Å². The molecule has 0 fully saturated rings. The van der Waals surface area contributed by atoms with Gasteiger partial charge < -0.3 is 15.5 Å². The lowest BCUT2D eigenvalue weighted by molar-refractivity contribution is -0.192. The minimum absolute atomic E-state index is 0.0507. The molecule has 0 radical (unpaired) electrons. The SMILES string of the molecule is O=C(NCc1ccc(-c2cccc(F)c2)nc1)c1cnc(-n2cccn2)nc1O.O=C(O)C(F)(F)F. The molecule has 14 heteroatoms. The Labute approximate surface area is 199 Å². The molecular weight excluding hydrogens is 488 g/mol. The number of rotatable bonds is 5. The molecule has 0 bridgehead atoms. The van der Waals surface area contributed by atoms with Crippen molar-refractivity contribution >= 4 is 11.9 Å². The first-order valence-corrected chi connectivity index (χ1v) is 9.90. The van der Waals surface area contributed by atoms with Crippen LogP contribution in [0.4, 0.5) is 17.6 Å². The highest BCUT2D eigenvalue weighted by atomic mass is 19.4. The van der Waals surface area contributed by atoms with E-state index in [0.717, 1.165) is 5.56 Å². The molecule has 0 unspecified atom stereocenters. The van der Waals surface area contributed by atoms with E-state index < -0.39 is 23.9 Å². The van der Waals surface area contributed by atoms with E-state index in [1.165, 1.54) is 23.0 Å². The summed E-state index contributed by atoms with van der Waals surface area (Å²) in [6.45, 7) is 0.190. The maximum atomic E-state index is 13.3. The van der Waals surface area contributed by atoms with Gasteiger partial charge in [0.1, 0.15) is 11.4 Å². The number of nitrogens with zero attached hydrogens (tertiary/aromatic N) is 5. The van der Waals surface area contributed by atoms with Crippen molar-refractivity contribution in [3.63, 3.8) is 0 Å². The van der Waals surface area contributed by atoms with E-state index in [2.05, 4.69) is 25.4 Å². The van der Waals surface area contributed by atoms with Crippen LogP contribution < -0.4 is 5.32 Å². The molecule has 10 nitrogen and oxygen atoms in total.